The molecule has 0 aromatic heterocycles. The van der Waals surface area contributed by atoms with Gasteiger partial charge in [0.05, 0.1) is 27.0 Å². The number of benzene rings is 1. The fourth-order valence-electron chi connectivity index (χ4n) is 3.31. The van der Waals surface area contributed by atoms with Gasteiger partial charge in [0.1, 0.15) is 0 Å². The molecule has 1 fully saturated rings. The summed E-state index contributed by atoms with van der Waals surface area (Å²) in [5.74, 6) is 2.00. The molecule has 1 aromatic rings. The number of ether oxygens (including phenoxy) is 3. The van der Waals surface area contributed by atoms with Gasteiger partial charge < -0.3 is 24.0 Å². The normalized spacial score (nSPS) is 14.6. The van der Waals surface area contributed by atoms with Gasteiger partial charge in [-0.25, -0.2) is 0 Å². The van der Waals surface area contributed by atoms with E-state index >= 15 is 0 Å². The van der Waals surface area contributed by atoms with Crippen molar-refractivity contribution in [2.45, 2.75) is 33.1 Å². The SMILES string of the molecule is COc1cc(N(CCC(=O)N2CCC(C)CC2)C(C)=O)cc(OC)c1OC. The standard InChI is InChI=1S/C20H30N2O5/c1-14-6-9-21(10-7-14)19(24)8-11-22(15(2)23)16-12-17(25-3)20(27-5)18(13-16)26-4/h12-14H,6-11H2,1-5H3. The molecule has 0 N–H and O–H groups in total. The van der Waals surface area contributed by atoms with Gasteiger partial charge in [-0.3, -0.25) is 9.59 Å². The van der Waals surface area contributed by atoms with Crippen molar-refractivity contribution in [1.82, 2.24) is 4.90 Å². The van der Waals surface area contributed by atoms with Gasteiger partial charge in [0, 0.05) is 45.1 Å². The van der Waals surface area contributed by atoms with E-state index in [2.05, 4.69) is 6.92 Å². The van der Waals surface area contributed by atoms with E-state index in [4.69, 9.17) is 14.2 Å². The predicted molar refractivity (Wildman–Crippen MR) is 104 cm³/mol. The van der Waals surface area contributed by atoms with E-state index in [-0.39, 0.29) is 18.2 Å². The van der Waals surface area contributed by atoms with Crippen LogP contribution < -0.4 is 19.1 Å². The maximum atomic E-state index is 12.5. The van der Waals surface area contributed by atoms with E-state index < -0.39 is 0 Å². The van der Waals surface area contributed by atoms with Gasteiger partial charge in [-0.1, -0.05) is 6.92 Å². The summed E-state index contributed by atoms with van der Waals surface area (Å²) in [7, 11) is 4.58. The van der Waals surface area contributed by atoms with Crippen LogP contribution in [0.3, 0.4) is 0 Å². The van der Waals surface area contributed by atoms with Crippen LogP contribution in [0.25, 0.3) is 0 Å². The molecule has 0 radical (unpaired) electrons. The molecular weight excluding hydrogens is 348 g/mol. The first-order valence-corrected chi connectivity index (χ1v) is 9.27. The lowest BCUT2D eigenvalue weighted by molar-refractivity contribution is -0.132. The summed E-state index contributed by atoms with van der Waals surface area (Å²) in [6.45, 7) is 5.59. The van der Waals surface area contributed by atoms with Crippen LogP contribution in [-0.4, -0.2) is 57.7 Å². The van der Waals surface area contributed by atoms with Crippen LogP contribution in [-0.2, 0) is 9.59 Å². The molecule has 1 aliphatic heterocycles. The maximum Gasteiger partial charge on any atom is 0.224 e. The number of likely N-dealkylation sites (tertiary alicyclic amines) is 1. The molecule has 7 nitrogen and oxygen atoms in total. The van der Waals surface area contributed by atoms with Crippen molar-refractivity contribution < 1.29 is 23.8 Å². The summed E-state index contributed by atoms with van der Waals surface area (Å²) in [6.07, 6.45) is 2.36. The van der Waals surface area contributed by atoms with Crippen molar-refractivity contribution in [3.05, 3.63) is 12.1 Å². The third-order valence-corrected chi connectivity index (χ3v) is 5.03. The summed E-state index contributed by atoms with van der Waals surface area (Å²) in [5, 5.41) is 0. The Kier molecular flexibility index (Phi) is 7.33. The number of carbonyl (C=O) groups is 2. The first kappa shape index (κ1) is 20.9. The van der Waals surface area contributed by atoms with E-state index in [1.807, 2.05) is 4.90 Å². The Morgan fingerprint density at radius 2 is 1.63 bits per heavy atom. The minimum Gasteiger partial charge on any atom is -0.493 e. The minimum absolute atomic E-state index is 0.0839. The van der Waals surface area contributed by atoms with Gasteiger partial charge in [-0.15, -0.1) is 0 Å². The van der Waals surface area contributed by atoms with E-state index in [1.54, 1.807) is 17.0 Å². The fraction of sp³-hybridized carbons (Fsp3) is 0.600. The lowest BCUT2D eigenvalue weighted by Gasteiger charge is -2.31. The monoisotopic (exact) mass is 378 g/mol. The lowest BCUT2D eigenvalue weighted by Crippen LogP contribution is -2.40. The molecule has 27 heavy (non-hydrogen) atoms. The number of amides is 2. The molecule has 0 bridgehead atoms. The van der Waals surface area contributed by atoms with Crippen LogP contribution in [0, 0.1) is 5.92 Å². The third kappa shape index (κ3) is 5.05. The summed E-state index contributed by atoms with van der Waals surface area (Å²) >= 11 is 0. The highest BCUT2D eigenvalue weighted by Crippen LogP contribution is 2.41. The van der Waals surface area contributed by atoms with Gasteiger partial charge in [0.2, 0.25) is 17.6 Å². The molecule has 0 saturated carbocycles. The summed E-state index contributed by atoms with van der Waals surface area (Å²) < 4.78 is 16.0. The number of piperidine rings is 1. The molecule has 0 spiro atoms. The van der Waals surface area contributed by atoms with Crippen molar-refractivity contribution in [1.29, 1.82) is 0 Å². The number of carbonyl (C=O) groups excluding carboxylic acids is 2. The van der Waals surface area contributed by atoms with E-state index in [9.17, 15) is 9.59 Å². The van der Waals surface area contributed by atoms with E-state index in [1.165, 1.54) is 28.3 Å². The molecule has 2 amide bonds. The quantitative estimate of drug-likeness (QED) is 0.730. The van der Waals surface area contributed by atoms with Gasteiger partial charge in [0.15, 0.2) is 11.5 Å². The maximum absolute atomic E-state index is 12.5. The predicted octanol–water partition coefficient (Wildman–Crippen LogP) is 2.71. The molecule has 7 heteroatoms. The second-order valence-corrected chi connectivity index (χ2v) is 6.87. The number of hydrogen-bond acceptors (Lipinski definition) is 5. The van der Waals surface area contributed by atoms with Crippen molar-refractivity contribution >= 4 is 17.5 Å². The van der Waals surface area contributed by atoms with Crippen LogP contribution in [0.2, 0.25) is 0 Å². The first-order chi connectivity index (χ1) is 12.9. The third-order valence-electron chi connectivity index (χ3n) is 5.03. The lowest BCUT2D eigenvalue weighted by atomic mass is 9.99. The zero-order valence-electron chi connectivity index (χ0n) is 16.9. The van der Waals surface area contributed by atoms with E-state index in [0.29, 0.717) is 35.4 Å². The van der Waals surface area contributed by atoms with Crippen LogP contribution in [0.5, 0.6) is 17.2 Å². The molecule has 1 heterocycles. The highest BCUT2D eigenvalue weighted by molar-refractivity contribution is 5.93. The van der Waals surface area contributed by atoms with Crippen molar-refractivity contribution in [3.63, 3.8) is 0 Å². The number of hydrogen-bond donors (Lipinski definition) is 0. The molecule has 0 atom stereocenters. The number of nitrogens with zero attached hydrogens (tertiary/aromatic N) is 2. The molecular formula is C20H30N2O5. The molecule has 0 aliphatic carbocycles. The molecule has 0 unspecified atom stereocenters. The molecule has 2 rings (SSSR count). The zero-order chi connectivity index (χ0) is 20.0. The molecule has 1 aromatic carbocycles. The Labute approximate surface area is 161 Å². The highest BCUT2D eigenvalue weighted by atomic mass is 16.5. The second kappa shape index (κ2) is 9.48. The summed E-state index contributed by atoms with van der Waals surface area (Å²) in [6, 6.07) is 3.44. The average molecular weight is 378 g/mol. The van der Waals surface area contributed by atoms with Crippen LogP contribution >= 0.6 is 0 Å². The number of anilines is 1. The first-order valence-electron chi connectivity index (χ1n) is 9.27. The van der Waals surface area contributed by atoms with Gasteiger partial charge in [-0.2, -0.15) is 0 Å². The van der Waals surface area contributed by atoms with Crippen LogP contribution in [0.1, 0.15) is 33.1 Å². The topological polar surface area (TPSA) is 68.3 Å². The Morgan fingerprint density at radius 1 is 1.07 bits per heavy atom. The van der Waals surface area contributed by atoms with Gasteiger partial charge in [-0.05, 0) is 18.8 Å². The van der Waals surface area contributed by atoms with Crippen molar-refractivity contribution in [3.8, 4) is 17.2 Å². The Balaban J connectivity index is 2.15. The average Bonchev–Trinajstić information content (AvgIpc) is 2.67. The summed E-state index contributed by atoms with van der Waals surface area (Å²) in [4.78, 5) is 28.2. The Bertz CT molecular complexity index is 643. The Hall–Kier alpha value is -2.44. The molecule has 1 aliphatic rings. The van der Waals surface area contributed by atoms with Crippen LogP contribution in [0.4, 0.5) is 5.69 Å². The van der Waals surface area contributed by atoms with Crippen LogP contribution in [0.15, 0.2) is 12.1 Å². The largest absolute Gasteiger partial charge is 0.493 e. The van der Waals surface area contributed by atoms with Gasteiger partial charge in [0.25, 0.3) is 0 Å². The molecule has 150 valence electrons. The van der Waals surface area contributed by atoms with Gasteiger partial charge >= 0.3 is 0 Å². The Morgan fingerprint density at radius 3 is 2.07 bits per heavy atom. The minimum atomic E-state index is -0.149. The molecule has 1 saturated heterocycles. The van der Waals surface area contributed by atoms with Crippen molar-refractivity contribution in [2.24, 2.45) is 5.92 Å². The second-order valence-electron chi connectivity index (χ2n) is 6.87. The zero-order valence-corrected chi connectivity index (χ0v) is 16.9. The summed E-state index contributed by atoms with van der Waals surface area (Å²) in [5.41, 5.74) is 0.608. The van der Waals surface area contributed by atoms with E-state index in [0.717, 1.165) is 25.9 Å². The smallest absolute Gasteiger partial charge is 0.224 e. The number of rotatable bonds is 7. The highest BCUT2D eigenvalue weighted by Gasteiger charge is 2.23. The fourth-order valence-corrected chi connectivity index (χ4v) is 3.31. The number of methoxy groups -OCH3 is 3. The van der Waals surface area contributed by atoms with Crippen molar-refractivity contribution in [2.75, 3.05) is 45.9 Å².